The van der Waals surface area contributed by atoms with Gasteiger partial charge in [-0.25, -0.2) is 9.98 Å². The molecule has 32 heavy (non-hydrogen) atoms. The summed E-state index contributed by atoms with van der Waals surface area (Å²) in [7, 11) is 0. The Kier molecular flexibility index (Phi) is 11.9. The first-order valence-corrected chi connectivity index (χ1v) is 12.4. The monoisotopic (exact) mass is 570 g/mol. The van der Waals surface area contributed by atoms with Crippen LogP contribution in [0, 0.1) is 0 Å². The molecule has 1 aromatic carbocycles. The van der Waals surface area contributed by atoms with Crippen molar-refractivity contribution >= 4 is 41.3 Å². The number of hydrogen-bond donors (Lipinski definition) is 2. The second-order valence-corrected chi connectivity index (χ2v) is 9.29. The molecule has 178 valence electrons. The predicted octanol–water partition coefficient (Wildman–Crippen LogP) is 4.28. The van der Waals surface area contributed by atoms with Crippen LogP contribution in [0.4, 0.5) is 0 Å². The van der Waals surface area contributed by atoms with Crippen LogP contribution >= 0.6 is 35.3 Å². The van der Waals surface area contributed by atoms with Crippen molar-refractivity contribution in [3.63, 3.8) is 0 Å². The van der Waals surface area contributed by atoms with E-state index in [2.05, 4.69) is 77.8 Å². The molecule has 1 saturated heterocycles. The molecule has 2 heterocycles. The first-order chi connectivity index (χ1) is 15.1. The molecule has 0 unspecified atom stereocenters. The van der Waals surface area contributed by atoms with Gasteiger partial charge in [-0.1, -0.05) is 45.0 Å². The molecule has 1 aromatic heterocycles. The molecule has 0 radical (unpaired) electrons. The molecule has 0 spiro atoms. The minimum atomic E-state index is 0. The molecular weight excluding hydrogens is 531 g/mol. The standard InChI is InChI=1S/C24H38N6S.HI/c1-5-25-24(27-16-23-28-22(18-31-23)19(3)4)26-15-20-9-7-8-10-21(20)17-30-13-11-29(6-2)12-14-30;/h7-10,18-19H,5-6,11-17H2,1-4H3,(H2,25,26,27);1H. The molecule has 6 nitrogen and oxygen atoms in total. The lowest BCUT2D eigenvalue weighted by Crippen LogP contribution is -2.45. The van der Waals surface area contributed by atoms with Gasteiger partial charge >= 0.3 is 0 Å². The summed E-state index contributed by atoms with van der Waals surface area (Å²) >= 11 is 1.71. The van der Waals surface area contributed by atoms with E-state index >= 15 is 0 Å². The van der Waals surface area contributed by atoms with E-state index in [0.29, 0.717) is 19.0 Å². The average molecular weight is 571 g/mol. The summed E-state index contributed by atoms with van der Waals surface area (Å²) in [5.74, 6) is 1.31. The molecule has 2 N–H and O–H groups in total. The zero-order valence-electron chi connectivity index (χ0n) is 19.9. The predicted molar refractivity (Wildman–Crippen MR) is 147 cm³/mol. The highest BCUT2D eigenvalue weighted by atomic mass is 127. The second kappa shape index (κ2) is 14.1. The van der Waals surface area contributed by atoms with Crippen LogP contribution in [0.25, 0.3) is 0 Å². The van der Waals surface area contributed by atoms with Gasteiger partial charge < -0.3 is 15.5 Å². The number of aliphatic imine (C=N–C) groups is 1. The molecule has 2 aromatic rings. The molecule has 0 bridgehead atoms. The van der Waals surface area contributed by atoms with E-state index in [1.165, 1.54) is 24.2 Å². The molecular formula is C24H39IN6S. The van der Waals surface area contributed by atoms with E-state index in [9.17, 15) is 0 Å². The lowest BCUT2D eigenvalue weighted by Gasteiger charge is -2.34. The van der Waals surface area contributed by atoms with Crippen LogP contribution in [0.3, 0.4) is 0 Å². The van der Waals surface area contributed by atoms with E-state index in [0.717, 1.165) is 49.4 Å². The topological polar surface area (TPSA) is 55.8 Å². The molecule has 1 fully saturated rings. The first-order valence-electron chi connectivity index (χ1n) is 11.6. The van der Waals surface area contributed by atoms with Crippen LogP contribution in [-0.2, 0) is 19.6 Å². The van der Waals surface area contributed by atoms with Crippen molar-refractivity contribution in [3.8, 4) is 0 Å². The number of nitrogens with one attached hydrogen (secondary N) is 2. The Hall–Kier alpha value is -1.23. The lowest BCUT2D eigenvalue weighted by molar-refractivity contribution is 0.131. The number of hydrogen-bond acceptors (Lipinski definition) is 5. The Balaban J connectivity index is 0.00000363. The van der Waals surface area contributed by atoms with Gasteiger partial charge in [-0.05, 0) is 30.5 Å². The summed E-state index contributed by atoms with van der Waals surface area (Å²) in [6.07, 6.45) is 0. The highest BCUT2D eigenvalue weighted by Gasteiger charge is 2.16. The van der Waals surface area contributed by atoms with E-state index in [1.54, 1.807) is 11.3 Å². The third-order valence-corrected chi connectivity index (χ3v) is 6.61. The van der Waals surface area contributed by atoms with Gasteiger partial charge in [0.2, 0.25) is 0 Å². The van der Waals surface area contributed by atoms with Crippen LogP contribution in [0.5, 0.6) is 0 Å². The average Bonchev–Trinajstić information content (AvgIpc) is 3.27. The maximum absolute atomic E-state index is 4.86. The first kappa shape index (κ1) is 27.0. The third kappa shape index (κ3) is 8.28. The molecule has 0 atom stereocenters. The third-order valence-electron chi connectivity index (χ3n) is 5.74. The number of nitrogens with zero attached hydrogens (tertiary/aromatic N) is 4. The van der Waals surface area contributed by atoms with E-state index in [-0.39, 0.29) is 24.0 Å². The van der Waals surface area contributed by atoms with Gasteiger partial charge in [0, 0.05) is 44.6 Å². The van der Waals surface area contributed by atoms with E-state index in [1.807, 2.05) is 0 Å². The van der Waals surface area contributed by atoms with E-state index in [4.69, 9.17) is 9.98 Å². The van der Waals surface area contributed by atoms with Crippen molar-refractivity contribution in [3.05, 3.63) is 51.5 Å². The summed E-state index contributed by atoms with van der Waals surface area (Å²) in [5.41, 5.74) is 3.85. The van der Waals surface area contributed by atoms with Crippen molar-refractivity contribution in [1.82, 2.24) is 25.4 Å². The SMILES string of the molecule is CCNC(=NCc1ccccc1CN1CCN(CC)CC1)NCc1nc(C(C)C)cs1.I. The lowest BCUT2D eigenvalue weighted by atomic mass is 10.1. The van der Waals surface area contributed by atoms with Gasteiger partial charge in [0.25, 0.3) is 0 Å². The normalized spacial score (nSPS) is 15.6. The summed E-state index contributed by atoms with van der Waals surface area (Å²) in [6.45, 7) is 17.7. The Bertz CT molecular complexity index is 829. The maximum atomic E-state index is 4.86. The second-order valence-electron chi connectivity index (χ2n) is 8.35. The van der Waals surface area contributed by atoms with Crippen molar-refractivity contribution < 1.29 is 0 Å². The molecule has 1 aliphatic rings. The Morgan fingerprint density at radius 3 is 2.38 bits per heavy atom. The van der Waals surface area contributed by atoms with Gasteiger partial charge in [-0.3, -0.25) is 4.90 Å². The molecule has 0 amide bonds. The Morgan fingerprint density at radius 1 is 1.06 bits per heavy atom. The Morgan fingerprint density at radius 2 is 1.75 bits per heavy atom. The number of aromatic nitrogens is 1. The summed E-state index contributed by atoms with van der Waals surface area (Å²) in [6, 6.07) is 8.72. The Labute approximate surface area is 214 Å². The molecule has 1 aliphatic heterocycles. The molecule has 0 saturated carbocycles. The summed E-state index contributed by atoms with van der Waals surface area (Å²) < 4.78 is 0. The molecule has 0 aliphatic carbocycles. The largest absolute Gasteiger partial charge is 0.357 e. The van der Waals surface area contributed by atoms with Gasteiger partial charge in [0.1, 0.15) is 5.01 Å². The van der Waals surface area contributed by atoms with E-state index < -0.39 is 0 Å². The highest BCUT2D eigenvalue weighted by Crippen LogP contribution is 2.18. The van der Waals surface area contributed by atoms with Crippen molar-refractivity contribution in [2.75, 3.05) is 39.3 Å². The van der Waals surface area contributed by atoms with Crippen molar-refractivity contribution in [2.24, 2.45) is 4.99 Å². The maximum Gasteiger partial charge on any atom is 0.191 e. The zero-order chi connectivity index (χ0) is 22.1. The summed E-state index contributed by atoms with van der Waals surface area (Å²) in [4.78, 5) is 14.7. The number of piperazine rings is 1. The van der Waals surface area contributed by atoms with Crippen LogP contribution in [-0.4, -0.2) is 60.0 Å². The fourth-order valence-electron chi connectivity index (χ4n) is 3.71. The molecule has 3 rings (SSSR count). The van der Waals surface area contributed by atoms with Crippen LogP contribution in [0.1, 0.15) is 55.4 Å². The fraction of sp³-hybridized carbons (Fsp3) is 0.583. The smallest absolute Gasteiger partial charge is 0.191 e. The van der Waals surface area contributed by atoms with Gasteiger partial charge in [0.05, 0.1) is 18.8 Å². The number of rotatable bonds is 9. The number of halogens is 1. The van der Waals surface area contributed by atoms with Crippen molar-refractivity contribution in [2.45, 2.75) is 53.2 Å². The molecule has 8 heteroatoms. The number of guanidine groups is 1. The quantitative estimate of drug-likeness (QED) is 0.268. The number of likely N-dealkylation sites (N-methyl/N-ethyl adjacent to an activating group) is 1. The zero-order valence-corrected chi connectivity index (χ0v) is 23.1. The van der Waals surface area contributed by atoms with Gasteiger partial charge in [-0.2, -0.15) is 0 Å². The highest BCUT2D eigenvalue weighted by molar-refractivity contribution is 14.0. The van der Waals surface area contributed by atoms with Gasteiger partial charge in [-0.15, -0.1) is 35.3 Å². The fourth-order valence-corrected chi connectivity index (χ4v) is 4.60. The number of thiazole rings is 1. The van der Waals surface area contributed by atoms with Crippen LogP contribution in [0.15, 0.2) is 34.6 Å². The van der Waals surface area contributed by atoms with Crippen molar-refractivity contribution in [1.29, 1.82) is 0 Å². The van der Waals surface area contributed by atoms with Gasteiger partial charge in [0.15, 0.2) is 5.96 Å². The van der Waals surface area contributed by atoms with Crippen LogP contribution in [0.2, 0.25) is 0 Å². The minimum Gasteiger partial charge on any atom is -0.357 e. The number of benzene rings is 1. The van der Waals surface area contributed by atoms with Crippen LogP contribution < -0.4 is 10.6 Å². The minimum absolute atomic E-state index is 0. The summed E-state index contributed by atoms with van der Waals surface area (Å²) in [5, 5.41) is 10.1.